The Kier molecular flexibility index (Phi) is 9.60. The molecule has 0 spiro atoms. The lowest BCUT2D eigenvalue weighted by Crippen LogP contribution is -2.21. The second kappa shape index (κ2) is 9.32. The Morgan fingerprint density at radius 2 is 1.57 bits per heavy atom. The number of carboxylic acids is 1. The number of aliphatic carboxylic acids is 1. The molecule has 0 aliphatic rings. The first-order chi connectivity index (χ1) is 9.28. The van der Waals surface area contributed by atoms with E-state index in [1.54, 1.807) is 18.2 Å². The number of hydrogen-bond donors (Lipinski definition) is 3. The van der Waals surface area contributed by atoms with Crippen molar-refractivity contribution in [2.75, 3.05) is 0 Å². The molecule has 0 fully saturated rings. The minimum Gasteiger partial charge on any atom is -0.475 e. The van der Waals surface area contributed by atoms with Gasteiger partial charge in [-0.15, -0.1) is 0 Å². The standard InChI is InChI=1S/C6H7NO2S.C2H4ClN.C2HF3O2/c7-10(8,9)6-4-2-1-3-5-6;1-2(3)4;3-2(4,5)1(6)7/h1-5H,(H2,7,8,9);4H,1H3;(H,6,7). The zero-order valence-corrected chi connectivity index (χ0v) is 12.1. The topological polar surface area (TPSA) is 121 Å². The summed E-state index contributed by atoms with van der Waals surface area (Å²) in [6.45, 7) is 1.52. The monoisotopic (exact) mass is 348 g/mol. The molecule has 4 N–H and O–H groups in total. The first-order valence-electron chi connectivity index (χ1n) is 4.87. The number of nitrogens with one attached hydrogen (secondary N) is 1. The molecule has 0 radical (unpaired) electrons. The van der Waals surface area contributed by atoms with E-state index in [0.29, 0.717) is 0 Å². The second-order valence-electron chi connectivity index (χ2n) is 3.19. The van der Waals surface area contributed by atoms with E-state index in [4.69, 9.17) is 32.1 Å². The molecular weight excluding hydrogens is 337 g/mol. The first-order valence-corrected chi connectivity index (χ1v) is 6.79. The van der Waals surface area contributed by atoms with Crippen molar-refractivity contribution in [1.29, 1.82) is 5.41 Å². The smallest absolute Gasteiger partial charge is 0.475 e. The van der Waals surface area contributed by atoms with Gasteiger partial charge in [0.1, 0.15) is 0 Å². The van der Waals surface area contributed by atoms with Crippen molar-refractivity contribution < 1.29 is 31.5 Å². The predicted octanol–water partition coefficient (Wildman–Crippen LogP) is 2.19. The molecule has 120 valence electrons. The van der Waals surface area contributed by atoms with E-state index < -0.39 is 22.2 Å². The highest BCUT2D eigenvalue weighted by molar-refractivity contribution is 7.89. The van der Waals surface area contributed by atoms with Crippen molar-refractivity contribution in [3.8, 4) is 0 Å². The molecule has 0 aromatic heterocycles. The zero-order chi connectivity index (χ0) is 17.3. The number of halogens is 4. The molecule has 0 unspecified atom stereocenters. The number of carboxylic acid groups (broad SMARTS) is 1. The Bertz CT molecular complexity index is 557. The minimum atomic E-state index is -5.08. The number of rotatable bonds is 1. The number of primary sulfonamides is 1. The molecule has 0 aliphatic heterocycles. The summed E-state index contributed by atoms with van der Waals surface area (Å²) in [5.41, 5.74) is 0. The summed E-state index contributed by atoms with van der Waals surface area (Å²) in [5.74, 6) is -2.76. The van der Waals surface area contributed by atoms with Gasteiger partial charge in [0.25, 0.3) is 0 Å². The molecule has 1 rings (SSSR count). The van der Waals surface area contributed by atoms with Gasteiger partial charge in [-0.2, -0.15) is 13.2 Å². The van der Waals surface area contributed by atoms with Gasteiger partial charge in [0.15, 0.2) is 0 Å². The minimum absolute atomic E-state index is 0.139. The summed E-state index contributed by atoms with van der Waals surface area (Å²) < 4.78 is 53.0. The Labute approximate surface area is 123 Å². The fourth-order valence-corrected chi connectivity index (χ4v) is 1.15. The summed E-state index contributed by atoms with van der Waals surface area (Å²) in [6, 6.07) is 7.89. The lowest BCUT2D eigenvalue weighted by molar-refractivity contribution is -0.192. The number of carbonyl (C=O) groups is 1. The largest absolute Gasteiger partial charge is 0.490 e. The van der Waals surface area contributed by atoms with E-state index >= 15 is 0 Å². The van der Waals surface area contributed by atoms with Crippen LogP contribution in [0.1, 0.15) is 6.92 Å². The van der Waals surface area contributed by atoms with Crippen molar-refractivity contribution in [3.05, 3.63) is 30.3 Å². The van der Waals surface area contributed by atoms with Gasteiger partial charge in [-0.05, 0) is 19.1 Å². The number of benzene rings is 1. The molecule has 1 aromatic carbocycles. The molecule has 0 saturated heterocycles. The van der Waals surface area contributed by atoms with Gasteiger partial charge in [0.2, 0.25) is 10.0 Å². The quantitative estimate of drug-likeness (QED) is 0.673. The number of sulfonamides is 1. The molecule has 1 aromatic rings. The second-order valence-corrected chi connectivity index (χ2v) is 5.32. The van der Waals surface area contributed by atoms with Crippen LogP contribution in [0.15, 0.2) is 35.2 Å². The summed E-state index contributed by atoms with van der Waals surface area (Å²) in [7, 11) is -3.50. The first kappa shape index (κ1) is 21.6. The van der Waals surface area contributed by atoms with Crippen LogP contribution in [0.25, 0.3) is 0 Å². The third-order valence-electron chi connectivity index (χ3n) is 1.31. The lowest BCUT2D eigenvalue weighted by atomic mass is 10.4. The summed E-state index contributed by atoms with van der Waals surface area (Å²) in [5, 5.41) is 18.4. The Morgan fingerprint density at radius 3 is 1.71 bits per heavy atom. The SMILES string of the molecule is CC(=N)Cl.NS(=O)(=O)c1ccccc1.O=C(O)C(F)(F)F. The van der Waals surface area contributed by atoms with E-state index in [1.165, 1.54) is 19.1 Å². The van der Waals surface area contributed by atoms with E-state index in [2.05, 4.69) is 0 Å². The number of alkyl halides is 3. The number of nitrogens with two attached hydrogens (primary N) is 1. The highest BCUT2D eigenvalue weighted by atomic mass is 35.5. The average molecular weight is 349 g/mol. The van der Waals surface area contributed by atoms with Crippen LogP contribution < -0.4 is 5.14 Å². The van der Waals surface area contributed by atoms with E-state index in [-0.39, 0.29) is 10.1 Å². The third kappa shape index (κ3) is 14.6. The van der Waals surface area contributed by atoms with Crippen LogP contribution in [-0.4, -0.2) is 30.8 Å². The Morgan fingerprint density at radius 1 is 1.29 bits per heavy atom. The van der Waals surface area contributed by atoms with Crippen molar-refractivity contribution in [3.63, 3.8) is 0 Å². The maximum Gasteiger partial charge on any atom is 0.490 e. The highest BCUT2D eigenvalue weighted by Gasteiger charge is 2.38. The highest BCUT2D eigenvalue weighted by Crippen LogP contribution is 2.13. The van der Waals surface area contributed by atoms with Gasteiger partial charge in [-0.25, -0.2) is 18.4 Å². The zero-order valence-electron chi connectivity index (χ0n) is 10.6. The van der Waals surface area contributed by atoms with Crippen LogP contribution >= 0.6 is 11.6 Å². The van der Waals surface area contributed by atoms with Crippen LogP contribution in [0, 0.1) is 5.41 Å². The van der Waals surface area contributed by atoms with Gasteiger partial charge >= 0.3 is 12.1 Å². The molecule has 0 bridgehead atoms. The molecule has 21 heavy (non-hydrogen) atoms. The molecule has 0 saturated carbocycles. The fraction of sp³-hybridized carbons (Fsp3) is 0.200. The van der Waals surface area contributed by atoms with Gasteiger partial charge in [0, 0.05) is 0 Å². The van der Waals surface area contributed by atoms with Crippen LogP contribution in [0.3, 0.4) is 0 Å². The molecule has 0 aliphatic carbocycles. The molecule has 0 heterocycles. The summed E-state index contributed by atoms with van der Waals surface area (Å²) in [4.78, 5) is 9.04. The maximum atomic E-state index is 10.6. The maximum absolute atomic E-state index is 10.6. The van der Waals surface area contributed by atoms with Gasteiger partial charge in [-0.1, -0.05) is 29.8 Å². The third-order valence-corrected chi connectivity index (χ3v) is 2.24. The van der Waals surface area contributed by atoms with Crippen LogP contribution in [-0.2, 0) is 14.8 Å². The summed E-state index contributed by atoms with van der Waals surface area (Å²) >= 11 is 4.86. The molecular formula is C10H12ClF3N2O4S. The van der Waals surface area contributed by atoms with Crippen molar-refractivity contribution in [2.45, 2.75) is 18.0 Å². The number of hydrogen-bond acceptors (Lipinski definition) is 4. The van der Waals surface area contributed by atoms with Crippen LogP contribution in [0.5, 0.6) is 0 Å². The Hall–Kier alpha value is -1.65. The summed E-state index contributed by atoms with van der Waals surface area (Å²) in [6.07, 6.45) is -5.08. The van der Waals surface area contributed by atoms with Crippen molar-refractivity contribution in [1.82, 2.24) is 0 Å². The normalized spacial score (nSPS) is 10.4. The fourth-order valence-electron chi connectivity index (χ4n) is 0.610. The van der Waals surface area contributed by atoms with E-state index in [0.717, 1.165) is 0 Å². The molecule has 11 heteroatoms. The lowest BCUT2D eigenvalue weighted by Gasteiger charge is -1.93. The van der Waals surface area contributed by atoms with Crippen molar-refractivity contribution in [2.24, 2.45) is 5.14 Å². The van der Waals surface area contributed by atoms with Crippen LogP contribution in [0.2, 0.25) is 0 Å². The average Bonchev–Trinajstić information content (AvgIpc) is 2.27. The predicted molar refractivity (Wildman–Crippen MR) is 70.8 cm³/mol. The molecule has 0 amide bonds. The van der Waals surface area contributed by atoms with Gasteiger partial charge in [0.05, 0.1) is 10.1 Å². The van der Waals surface area contributed by atoms with Gasteiger partial charge in [-0.3, -0.25) is 5.41 Å². The van der Waals surface area contributed by atoms with E-state index in [1.807, 2.05) is 0 Å². The van der Waals surface area contributed by atoms with Crippen molar-refractivity contribution >= 4 is 32.8 Å². The van der Waals surface area contributed by atoms with E-state index in [9.17, 15) is 21.6 Å². The Balaban J connectivity index is 0. The molecule has 0 atom stereocenters. The van der Waals surface area contributed by atoms with Gasteiger partial charge < -0.3 is 5.11 Å². The molecule has 6 nitrogen and oxygen atoms in total. The van der Waals surface area contributed by atoms with Crippen LogP contribution in [0.4, 0.5) is 13.2 Å².